The Balaban J connectivity index is 2.25. The molecule has 1 aromatic rings. The molecule has 13 heavy (non-hydrogen) atoms. The Morgan fingerprint density at radius 2 is 2.00 bits per heavy atom. The summed E-state index contributed by atoms with van der Waals surface area (Å²) in [6, 6.07) is 10.4. The summed E-state index contributed by atoms with van der Waals surface area (Å²) in [5, 5.41) is 1.97. The van der Waals surface area contributed by atoms with Crippen molar-refractivity contribution in [2.45, 2.75) is 6.17 Å². The summed E-state index contributed by atoms with van der Waals surface area (Å²) in [4.78, 5) is 0. The van der Waals surface area contributed by atoms with Crippen LogP contribution >= 0.6 is 0 Å². The topological polar surface area (TPSA) is 18.3 Å². The fourth-order valence-electron chi connectivity index (χ4n) is 1.60. The zero-order valence-electron chi connectivity index (χ0n) is 7.94. The fourth-order valence-corrected chi connectivity index (χ4v) is 1.60. The predicted octanol–water partition coefficient (Wildman–Crippen LogP) is 0.806. The second-order valence-corrected chi connectivity index (χ2v) is 3.33. The molecule has 3 nitrogen and oxygen atoms in total. The monoisotopic (exact) mass is 176 g/mol. The normalized spacial score (nSPS) is 21.8. The van der Waals surface area contributed by atoms with Crippen molar-refractivity contribution in [2.24, 2.45) is 0 Å². The van der Waals surface area contributed by atoms with Gasteiger partial charge < -0.3 is 0 Å². The molecular weight excluding hydrogens is 162 g/mol. The van der Waals surface area contributed by atoms with Gasteiger partial charge in [0.15, 0.2) is 0 Å². The van der Waals surface area contributed by atoms with Crippen molar-refractivity contribution in [1.82, 2.24) is 10.4 Å². The average Bonchev–Trinajstić information content (AvgIpc) is 2.47. The third-order valence-electron chi connectivity index (χ3n) is 2.20. The minimum Gasteiger partial charge on any atom is -0.246 e. The fraction of sp³-hybridized carbons (Fsp3) is 0.300. The SMILES string of the molecule is CN1C=[N+](C)C(c2ccccc2)N1. The summed E-state index contributed by atoms with van der Waals surface area (Å²) in [5.74, 6) is 0. The Labute approximate surface area is 78.3 Å². The van der Waals surface area contributed by atoms with Crippen LogP contribution in [0.1, 0.15) is 11.7 Å². The van der Waals surface area contributed by atoms with Gasteiger partial charge >= 0.3 is 0 Å². The van der Waals surface area contributed by atoms with E-state index in [1.165, 1.54) is 5.56 Å². The van der Waals surface area contributed by atoms with Crippen molar-refractivity contribution in [3.8, 4) is 0 Å². The molecule has 0 saturated heterocycles. The lowest BCUT2D eigenvalue weighted by Gasteiger charge is -2.09. The minimum atomic E-state index is 0.270. The lowest BCUT2D eigenvalue weighted by Crippen LogP contribution is -2.30. The van der Waals surface area contributed by atoms with Crippen molar-refractivity contribution < 1.29 is 4.58 Å². The quantitative estimate of drug-likeness (QED) is 0.638. The summed E-state index contributed by atoms with van der Waals surface area (Å²) in [7, 11) is 4.06. The molecule has 0 saturated carbocycles. The molecule has 1 N–H and O–H groups in total. The second kappa shape index (κ2) is 3.18. The molecule has 0 aliphatic carbocycles. The van der Waals surface area contributed by atoms with E-state index < -0.39 is 0 Å². The van der Waals surface area contributed by atoms with Crippen LogP contribution in [0, 0.1) is 0 Å². The third kappa shape index (κ3) is 1.55. The number of hydrogen-bond donors (Lipinski definition) is 1. The van der Waals surface area contributed by atoms with Crippen LogP contribution in [0.4, 0.5) is 0 Å². The zero-order valence-corrected chi connectivity index (χ0v) is 7.94. The van der Waals surface area contributed by atoms with Gasteiger partial charge in [-0.15, -0.1) is 5.43 Å². The van der Waals surface area contributed by atoms with Crippen molar-refractivity contribution in [3.05, 3.63) is 35.9 Å². The highest BCUT2D eigenvalue weighted by molar-refractivity contribution is 5.49. The zero-order chi connectivity index (χ0) is 9.26. The van der Waals surface area contributed by atoms with Gasteiger partial charge in [-0.2, -0.15) is 5.01 Å². The molecule has 0 aromatic heterocycles. The predicted molar refractivity (Wildman–Crippen MR) is 52.3 cm³/mol. The molecule has 1 aromatic carbocycles. The van der Waals surface area contributed by atoms with Gasteiger partial charge in [0.2, 0.25) is 6.17 Å². The maximum absolute atomic E-state index is 3.32. The number of hydrazine groups is 1. The molecule has 2 rings (SSSR count). The maximum Gasteiger partial charge on any atom is 0.253 e. The van der Waals surface area contributed by atoms with Gasteiger partial charge in [0.25, 0.3) is 6.34 Å². The number of rotatable bonds is 1. The lowest BCUT2D eigenvalue weighted by atomic mass is 10.2. The lowest BCUT2D eigenvalue weighted by molar-refractivity contribution is -0.537. The molecule has 0 bridgehead atoms. The highest BCUT2D eigenvalue weighted by Crippen LogP contribution is 2.15. The van der Waals surface area contributed by atoms with Crippen LogP contribution in [0.2, 0.25) is 0 Å². The van der Waals surface area contributed by atoms with Crippen LogP contribution in [-0.2, 0) is 0 Å². The smallest absolute Gasteiger partial charge is 0.246 e. The van der Waals surface area contributed by atoms with Crippen LogP contribution in [0.5, 0.6) is 0 Å². The van der Waals surface area contributed by atoms with E-state index >= 15 is 0 Å². The van der Waals surface area contributed by atoms with Gasteiger partial charge in [-0.05, 0) is 0 Å². The van der Waals surface area contributed by atoms with Crippen LogP contribution < -0.4 is 5.43 Å². The standard InChI is InChI=1S/C10H14N3/c1-12-8-13(2)11-10(12)9-6-4-3-5-7-9/h3-8,10-11H,1-2H3/q+1. The Kier molecular flexibility index (Phi) is 2.02. The van der Waals surface area contributed by atoms with Crippen molar-refractivity contribution in [1.29, 1.82) is 0 Å². The van der Waals surface area contributed by atoms with Gasteiger partial charge in [-0.1, -0.05) is 30.3 Å². The van der Waals surface area contributed by atoms with Crippen LogP contribution in [0.15, 0.2) is 30.3 Å². The highest BCUT2D eigenvalue weighted by atomic mass is 15.6. The molecule has 3 heteroatoms. The van der Waals surface area contributed by atoms with Gasteiger partial charge in [0.05, 0.1) is 14.1 Å². The Morgan fingerprint density at radius 3 is 2.54 bits per heavy atom. The molecule has 68 valence electrons. The van der Waals surface area contributed by atoms with Gasteiger partial charge in [0.1, 0.15) is 0 Å². The van der Waals surface area contributed by atoms with E-state index in [-0.39, 0.29) is 6.17 Å². The first-order valence-electron chi connectivity index (χ1n) is 4.38. The number of hydrogen-bond acceptors (Lipinski definition) is 2. The molecule has 0 spiro atoms. The first-order chi connectivity index (χ1) is 6.27. The first-order valence-corrected chi connectivity index (χ1v) is 4.38. The number of nitrogens with one attached hydrogen (secondary N) is 1. The molecule has 0 amide bonds. The molecule has 0 radical (unpaired) electrons. The van der Waals surface area contributed by atoms with E-state index in [1.54, 1.807) is 0 Å². The number of benzene rings is 1. The van der Waals surface area contributed by atoms with E-state index in [0.717, 1.165) is 0 Å². The Hall–Kier alpha value is -1.35. The van der Waals surface area contributed by atoms with Crippen LogP contribution in [0.3, 0.4) is 0 Å². The van der Waals surface area contributed by atoms with Gasteiger partial charge in [-0.3, -0.25) is 0 Å². The second-order valence-electron chi connectivity index (χ2n) is 3.33. The van der Waals surface area contributed by atoms with E-state index in [9.17, 15) is 0 Å². The molecule has 0 fully saturated rings. The summed E-state index contributed by atoms with van der Waals surface area (Å²) < 4.78 is 2.15. The van der Waals surface area contributed by atoms with Crippen LogP contribution in [0.25, 0.3) is 0 Å². The molecule has 1 aliphatic rings. The maximum atomic E-state index is 3.32. The Morgan fingerprint density at radius 1 is 1.31 bits per heavy atom. The van der Waals surface area contributed by atoms with E-state index in [0.29, 0.717) is 0 Å². The van der Waals surface area contributed by atoms with Gasteiger partial charge in [-0.25, -0.2) is 4.58 Å². The minimum absolute atomic E-state index is 0.270. The summed E-state index contributed by atoms with van der Waals surface area (Å²) in [6.07, 6.45) is 2.31. The van der Waals surface area contributed by atoms with Gasteiger partial charge in [0, 0.05) is 5.56 Å². The van der Waals surface area contributed by atoms with Crippen LogP contribution in [-0.4, -0.2) is 30.0 Å². The van der Waals surface area contributed by atoms with Crippen molar-refractivity contribution >= 4 is 6.34 Å². The molecule has 1 unspecified atom stereocenters. The molecular formula is C10H14N3+. The first kappa shape index (κ1) is 8.26. The number of nitrogens with zero attached hydrogens (tertiary/aromatic N) is 2. The summed E-state index contributed by atoms with van der Waals surface area (Å²) in [5.41, 5.74) is 4.61. The van der Waals surface area contributed by atoms with Crippen molar-refractivity contribution in [3.63, 3.8) is 0 Å². The molecule has 1 aliphatic heterocycles. The summed E-state index contributed by atoms with van der Waals surface area (Å²) in [6.45, 7) is 0. The average molecular weight is 176 g/mol. The van der Waals surface area contributed by atoms with E-state index in [1.807, 2.05) is 24.5 Å². The molecule has 1 heterocycles. The van der Waals surface area contributed by atoms with E-state index in [2.05, 4.69) is 41.3 Å². The Bertz CT molecular complexity index is 318. The largest absolute Gasteiger partial charge is 0.253 e. The summed E-state index contributed by atoms with van der Waals surface area (Å²) >= 11 is 0. The van der Waals surface area contributed by atoms with E-state index in [4.69, 9.17) is 0 Å². The third-order valence-corrected chi connectivity index (χ3v) is 2.20. The molecule has 1 atom stereocenters. The van der Waals surface area contributed by atoms with Crippen molar-refractivity contribution in [2.75, 3.05) is 14.1 Å². The highest BCUT2D eigenvalue weighted by Gasteiger charge is 2.25.